The van der Waals surface area contributed by atoms with E-state index in [4.69, 9.17) is 4.74 Å². The van der Waals surface area contributed by atoms with Crippen LogP contribution in [0.2, 0.25) is 0 Å². The van der Waals surface area contributed by atoms with E-state index in [2.05, 4.69) is 22.3 Å². The SMILES string of the molecule is COCCCN1C(=O)c2n[nH]c(C)c2C1c1ccccc1. The van der Waals surface area contributed by atoms with E-state index in [0.29, 0.717) is 18.8 Å². The van der Waals surface area contributed by atoms with Crippen molar-refractivity contribution < 1.29 is 9.53 Å². The molecule has 1 aliphatic heterocycles. The van der Waals surface area contributed by atoms with Gasteiger partial charge in [0.05, 0.1) is 6.04 Å². The number of carbonyl (C=O) groups is 1. The number of amides is 1. The largest absolute Gasteiger partial charge is 0.385 e. The zero-order valence-corrected chi connectivity index (χ0v) is 12.3. The fourth-order valence-electron chi connectivity index (χ4n) is 2.94. The highest BCUT2D eigenvalue weighted by Gasteiger charge is 2.40. The Morgan fingerprint density at radius 1 is 1.33 bits per heavy atom. The third-order valence-corrected chi connectivity index (χ3v) is 3.91. The van der Waals surface area contributed by atoms with Gasteiger partial charge in [0.1, 0.15) is 0 Å². The molecule has 0 aliphatic carbocycles. The van der Waals surface area contributed by atoms with E-state index in [0.717, 1.165) is 23.2 Å². The Balaban J connectivity index is 1.98. The van der Waals surface area contributed by atoms with Crippen molar-refractivity contribution >= 4 is 5.91 Å². The van der Waals surface area contributed by atoms with E-state index in [1.165, 1.54) is 0 Å². The Hall–Kier alpha value is -2.14. The first-order chi connectivity index (χ1) is 10.2. The van der Waals surface area contributed by atoms with Crippen LogP contribution in [-0.2, 0) is 4.74 Å². The van der Waals surface area contributed by atoms with Gasteiger partial charge in [-0.2, -0.15) is 5.10 Å². The molecule has 1 unspecified atom stereocenters. The lowest BCUT2D eigenvalue weighted by Gasteiger charge is -2.26. The highest BCUT2D eigenvalue weighted by molar-refractivity contribution is 5.98. The molecule has 5 heteroatoms. The number of hydrogen-bond donors (Lipinski definition) is 1. The van der Waals surface area contributed by atoms with Crippen molar-refractivity contribution in [2.75, 3.05) is 20.3 Å². The van der Waals surface area contributed by atoms with Gasteiger partial charge in [0.15, 0.2) is 5.69 Å². The molecule has 1 N–H and O–H groups in total. The first kappa shape index (κ1) is 13.8. The summed E-state index contributed by atoms with van der Waals surface area (Å²) in [5, 5.41) is 7.12. The molecule has 110 valence electrons. The highest BCUT2D eigenvalue weighted by atomic mass is 16.5. The Morgan fingerprint density at radius 3 is 2.81 bits per heavy atom. The lowest BCUT2D eigenvalue weighted by atomic mass is 9.99. The van der Waals surface area contributed by atoms with Crippen molar-refractivity contribution in [2.45, 2.75) is 19.4 Å². The third-order valence-electron chi connectivity index (χ3n) is 3.91. The molecule has 1 aromatic carbocycles. The van der Waals surface area contributed by atoms with E-state index >= 15 is 0 Å². The van der Waals surface area contributed by atoms with E-state index in [1.54, 1.807) is 7.11 Å². The molecule has 2 heterocycles. The number of aromatic amines is 1. The number of H-pyrrole nitrogens is 1. The summed E-state index contributed by atoms with van der Waals surface area (Å²) in [5.74, 6) is -0.000642. The smallest absolute Gasteiger partial charge is 0.275 e. The van der Waals surface area contributed by atoms with Gasteiger partial charge in [-0.15, -0.1) is 0 Å². The molecule has 21 heavy (non-hydrogen) atoms. The first-order valence-electron chi connectivity index (χ1n) is 7.13. The molecule has 3 rings (SSSR count). The number of benzene rings is 1. The van der Waals surface area contributed by atoms with Crippen LogP contribution in [-0.4, -0.2) is 41.3 Å². The minimum atomic E-state index is -0.0516. The average molecular weight is 285 g/mol. The van der Waals surface area contributed by atoms with E-state index in [-0.39, 0.29) is 11.9 Å². The van der Waals surface area contributed by atoms with Crippen LogP contribution in [0.1, 0.15) is 39.8 Å². The van der Waals surface area contributed by atoms with E-state index in [1.807, 2.05) is 30.0 Å². The van der Waals surface area contributed by atoms with Crippen molar-refractivity contribution in [3.8, 4) is 0 Å². The number of carbonyl (C=O) groups excluding carboxylic acids is 1. The predicted octanol–water partition coefficient (Wildman–Crippen LogP) is 2.30. The Morgan fingerprint density at radius 2 is 2.10 bits per heavy atom. The standard InChI is InChI=1S/C16H19N3O2/c1-11-13-14(18-17-11)16(20)19(9-6-10-21-2)15(13)12-7-4-3-5-8-12/h3-5,7-8,15H,6,9-10H2,1-2H3,(H,17,18). The van der Waals surface area contributed by atoms with Crippen molar-refractivity contribution in [1.82, 2.24) is 15.1 Å². The Bertz CT molecular complexity index is 636. The van der Waals surface area contributed by atoms with Gasteiger partial charge in [-0.3, -0.25) is 9.89 Å². The summed E-state index contributed by atoms with van der Waals surface area (Å²) in [5.41, 5.74) is 3.63. The average Bonchev–Trinajstić information content (AvgIpc) is 3.01. The Kier molecular flexibility index (Phi) is 3.75. The van der Waals surface area contributed by atoms with Crippen molar-refractivity contribution in [3.05, 3.63) is 52.8 Å². The van der Waals surface area contributed by atoms with Gasteiger partial charge in [-0.25, -0.2) is 0 Å². The Labute approximate surface area is 123 Å². The van der Waals surface area contributed by atoms with Crippen LogP contribution in [0, 0.1) is 6.92 Å². The zero-order chi connectivity index (χ0) is 14.8. The molecule has 0 spiro atoms. The van der Waals surface area contributed by atoms with Crippen molar-refractivity contribution in [1.29, 1.82) is 0 Å². The normalized spacial score (nSPS) is 17.3. The summed E-state index contributed by atoms with van der Waals surface area (Å²) >= 11 is 0. The van der Waals surface area contributed by atoms with Gasteiger partial charge < -0.3 is 9.64 Å². The molecule has 0 saturated carbocycles. The van der Waals surface area contributed by atoms with Crippen LogP contribution < -0.4 is 0 Å². The number of ether oxygens (including phenoxy) is 1. The molecule has 0 fully saturated rings. The molecule has 0 bridgehead atoms. The molecule has 5 nitrogen and oxygen atoms in total. The minimum absolute atomic E-state index is 0.000642. The summed E-state index contributed by atoms with van der Waals surface area (Å²) < 4.78 is 5.10. The van der Waals surface area contributed by atoms with Gasteiger partial charge in [0.2, 0.25) is 0 Å². The third kappa shape index (κ3) is 2.34. The van der Waals surface area contributed by atoms with Gasteiger partial charge >= 0.3 is 0 Å². The maximum atomic E-state index is 12.6. The molecule has 1 amide bonds. The number of nitrogens with zero attached hydrogens (tertiary/aromatic N) is 2. The number of fused-ring (bicyclic) bond motifs is 1. The summed E-state index contributed by atoms with van der Waals surface area (Å²) in [6.07, 6.45) is 0.818. The lowest BCUT2D eigenvalue weighted by Crippen LogP contribution is -2.31. The number of hydrogen-bond acceptors (Lipinski definition) is 3. The van der Waals surface area contributed by atoms with Gasteiger partial charge in [0, 0.05) is 31.5 Å². The number of methoxy groups -OCH3 is 1. The van der Waals surface area contributed by atoms with Crippen LogP contribution in [0.5, 0.6) is 0 Å². The lowest BCUT2D eigenvalue weighted by molar-refractivity contribution is 0.0723. The minimum Gasteiger partial charge on any atom is -0.385 e. The molecule has 1 atom stereocenters. The van der Waals surface area contributed by atoms with E-state index in [9.17, 15) is 4.79 Å². The fraction of sp³-hybridized carbons (Fsp3) is 0.375. The van der Waals surface area contributed by atoms with E-state index < -0.39 is 0 Å². The number of aryl methyl sites for hydroxylation is 1. The maximum absolute atomic E-state index is 12.6. The number of rotatable bonds is 5. The van der Waals surface area contributed by atoms with Gasteiger partial charge in [0.25, 0.3) is 5.91 Å². The van der Waals surface area contributed by atoms with Crippen LogP contribution in [0.3, 0.4) is 0 Å². The van der Waals surface area contributed by atoms with Crippen LogP contribution in [0.4, 0.5) is 0 Å². The second kappa shape index (κ2) is 5.69. The summed E-state index contributed by atoms with van der Waals surface area (Å²) in [6, 6.07) is 10.1. The van der Waals surface area contributed by atoms with Crippen molar-refractivity contribution in [3.63, 3.8) is 0 Å². The molecular formula is C16H19N3O2. The molecular weight excluding hydrogens is 266 g/mol. The quantitative estimate of drug-likeness (QED) is 0.858. The van der Waals surface area contributed by atoms with Gasteiger partial charge in [-0.05, 0) is 18.9 Å². The summed E-state index contributed by atoms with van der Waals surface area (Å²) in [7, 11) is 1.68. The monoisotopic (exact) mass is 285 g/mol. The molecule has 2 aromatic rings. The number of nitrogens with one attached hydrogen (secondary N) is 1. The van der Waals surface area contributed by atoms with Gasteiger partial charge in [-0.1, -0.05) is 30.3 Å². The van der Waals surface area contributed by atoms with Crippen molar-refractivity contribution in [2.24, 2.45) is 0 Å². The predicted molar refractivity (Wildman–Crippen MR) is 79.1 cm³/mol. The molecule has 0 radical (unpaired) electrons. The second-order valence-electron chi connectivity index (χ2n) is 5.27. The molecule has 0 saturated heterocycles. The highest BCUT2D eigenvalue weighted by Crippen LogP contribution is 2.39. The summed E-state index contributed by atoms with van der Waals surface area (Å²) in [4.78, 5) is 14.5. The van der Waals surface area contributed by atoms with Crippen LogP contribution >= 0.6 is 0 Å². The second-order valence-corrected chi connectivity index (χ2v) is 5.27. The zero-order valence-electron chi connectivity index (χ0n) is 12.3. The maximum Gasteiger partial charge on any atom is 0.275 e. The van der Waals surface area contributed by atoms with Crippen LogP contribution in [0.15, 0.2) is 30.3 Å². The first-order valence-corrected chi connectivity index (χ1v) is 7.13. The summed E-state index contributed by atoms with van der Waals surface area (Å²) in [6.45, 7) is 3.28. The molecule has 1 aliphatic rings. The topological polar surface area (TPSA) is 58.2 Å². The van der Waals surface area contributed by atoms with Crippen LogP contribution in [0.25, 0.3) is 0 Å². The number of aromatic nitrogens is 2. The molecule has 1 aromatic heterocycles. The fourth-order valence-corrected chi connectivity index (χ4v) is 2.94.